The molecule has 20 heavy (non-hydrogen) atoms. The Bertz CT molecular complexity index is 469. The molecule has 1 aliphatic heterocycles. The van der Waals surface area contributed by atoms with Crippen molar-refractivity contribution < 1.29 is 13.9 Å². The Morgan fingerprint density at radius 1 is 1.45 bits per heavy atom. The molecule has 0 N–H and O–H groups in total. The molecule has 0 spiro atoms. The maximum absolute atomic E-state index is 11.4. The van der Waals surface area contributed by atoms with Crippen LogP contribution >= 0.6 is 11.8 Å². The fraction of sp³-hybridized carbons (Fsp3) is 0.667. The van der Waals surface area contributed by atoms with Crippen molar-refractivity contribution in [2.45, 2.75) is 38.0 Å². The highest BCUT2D eigenvalue weighted by atomic mass is 32.2. The highest BCUT2D eigenvalue weighted by Crippen LogP contribution is 2.33. The van der Waals surface area contributed by atoms with Crippen LogP contribution in [0.4, 0.5) is 0 Å². The quantitative estimate of drug-likeness (QED) is 0.800. The molecule has 1 unspecified atom stereocenters. The lowest BCUT2D eigenvalue weighted by molar-refractivity contribution is 0.0559. The van der Waals surface area contributed by atoms with Gasteiger partial charge in [0, 0.05) is 23.6 Å². The monoisotopic (exact) mass is 297 g/mol. The van der Waals surface area contributed by atoms with Crippen molar-refractivity contribution in [3.63, 3.8) is 0 Å². The van der Waals surface area contributed by atoms with Crippen LogP contribution in [0.2, 0.25) is 0 Å². The van der Waals surface area contributed by atoms with Crippen LogP contribution < -0.4 is 0 Å². The van der Waals surface area contributed by atoms with Gasteiger partial charge in [-0.3, -0.25) is 4.90 Å². The number of carbonyl (C=O) groups is 1. The minimum Gasteiger partial charge on any atom is -0.463 e. The zero-order chi connectivity index (χ0) is 14.8. The first-order valence-electron chi connectivity index (χ1n) is 6.99. The molecule has 112 valence electrons. The lowest BCUT2D eigenvalue weighted by Gasteiger charge is -2.26. The van der Waals surface area contributed by atoms with Crippen LogP contribution in [0, 0.1) is 0 Å². The summed E-state index contributed by atoms with van der Waals surface area (Å²) >= 11 is 2.02. The van der Waals surface area contributed by atoms with Gasteiger partial charge in [-0.25, -0.2) is 4.79 Å². The van der Waals surface area contributed by atoms with E-state index in [1.54, 1.807) is 6.07 Å². The van der Waals surface area contributed by atoms with E-state index in [2.05, 4.69) is 30.4 Å². The lowest BCUT2D eigenvalue weighted by atomic mass is 10.1. The molecule has 0 saturated carbocycles. The Labute approximate surface area is 124 Å². The zero-order valence-corrected chi connectivity index (χ0v) is 13.5. The summed E-state index contributed by atoms with van der Waals surface area (Å²) in [5.74, 6) is 1.81. The Kier molecular flexibility index (Phi) is 4.81. The molecular weight excluding hydrogens is 274 g/mol. The number of thioether (sulfide) groups is 1. The molecule has 0 amide bonds. The van der Waals surface area contributed by atoms with Gasteiger partial charge < -0.3 is 9.15 Å². The third-order valence-corrected chi connectivity index (χ3v) is 5.22. The third kappa shape index (κ3) is 3.58. The molecule has 2 heterocycles. The summed E-state index contributed by atoms with van der Waals surface area (Å²) in [5.41, 5.74) is 0. The van der Waals surface area contributed by atoms with Crippen molar-refractivity contribution >= 4 is 17.7 Å². The van der Waals surface area contributed by atoms with Crippen molar-refractivity contribution in [2.75, 3.05) is 26.0 Å². The Hall–Kier alpha value is -0.940. The number of nitrogens with zero attached hydrogens (tertiary/aromatic N) is 1. The summed E-state index contributed by atoms with van der Waals surface area (Å²) in [6.45, 7) is 8.82. The van der Waals surface area contributed by atoms with Gasteiger partial charge in [-0.2, -0.15) is 11.8 Å². The summed E-state index contributed by atoms with van der Waals surface area (Å²) in [5, 5.41) is 0. The van der Waals surface area contributed by atoms with E-state index in [0.717, 1.165) is 31.0 Å². The number of hydrogen-bond acceptors (Lipinski definition) is 5. The van der Waals surface area contributed by atoms with Crippen molar-refractivity contribution in [3.05, 3.63) is 23.7 Å². The first-order chi connectivity index (χ1) is 9.43. The Balaban J connectivity index is 2.05. The minimum absolute atomic E-state index is 0.183. The molecule has 0 aliphatic carbocycles. The second-order valence-electron chi connectivity index (χ2n) is 5.76. The number of hydrogen-bond donors (Lipinski definition) is 0. The molecule has 2 rings (SSSR count). The number of rotatable bonds is 3. The van der Waals surface area contributed by atoms with Gasteiger partial charge in [0.05, 0.1) is 13.2 Å². The van der Waals surface area contributed by atoms with Crippen molar-refractivity contribution in [1.29, 1.82) is 0 Å². The van der Waals surface area contributed by atoms with Crippen LogP contribution in [0.5, 0.6) is 0 Å². The number of carbonyl (C=O) groups excluding carboxylic acids is 1. The minimum atomic E-state index is -0.420. The average Bonchev–Trinajstić information content (AvgIpc) is 2.83. The number of esters is 1. The fourth-order valence-electron chi connectivity index (χ4n) is 2.39. The smallest absolute Gasteiger partial charge is 0.373 e. The fourth-order valence-corrected chi connectivity index (χ4v) is 3.50. The molecule has 1 aromatic rings. The topological polar surface area (TPSA) is 42.7 Å². The van der Waals surface area contributed by atoms with Gasteiger partial charge in [0.2, 0.25) is 5.76 Å². The zero-order valence-electron chi connectivity index (χ0n) is 12.6. The summed E-state index contributed by atoms with van der Waals surface area (Å²) < 4.78 is 10.6. The van der Waals surface area contributed by atoms with Crippen molar-refractivity contribution in [3.8, 4) is 0 Å². The van der Waals surface area contributed by atoms with Crippen LogP contribution in [0.25, 0.3) is 0 Å². The van der Waals surface area contributed by atoms with Gasteiger partial charge in [-0.15, -0.1) is 0 Å². The van der Waals surface area contributed by atoms with Crippen LogP contribution in [-0.2, 0) is 4.74 Å². The molecule has 0 radical (unpaired) electrons. The second kappa shape index (κ2) is 6.22. The van der Waals surface area contributed by atoms with Crippen molar-refractivity contribution in [2.24, 2.45) is 0 Å². The number of ether oxygens (including phenoxy) is 1. The maximum atomic E-state index is 11.4. The highest BCUT2D eigenvalue weighted by molar-refractivity contribution is 8.00. The predicted molar refractivity (Wildman–Crippen MR) is 81.2 cm³/mol. The molecule has 5 heteroatoms. The van der Waals surface area contributed by atoms with Gasteiger partial charge in [0.15, 0.2) is 0 Å². The maximum Gasteiger partial charge on any atom is 0.373 e. The standard InChI is InChI=1S/C15H23NO3S/c1-11(12-5-6-13(19-12)14(17)18-4)16-8-7-15(2,3)20-10-9-16/h5-6,11H,7-10H2,1-4H3. The van der Waals surface area contributed by atoms with E-state index < -0.39 is 5.97 Å². The van der Waals surface area contributed by atoms with E-state index >= 15 is 0 Å². The molecule has 0 aromatic carbocycles. The van der Waals surface area contributed by atoms with Crippen LogP contribution in [-0.4, -0.2) is 41.6 Å². The molecule has 0 bridgehead atoms. The van der Waals surface area contributed by atoms with Gasteiger partial charge >= 0.3 is 5.97 Å². The number of methoxy groups -OCH3 is 1. The molecular formula is C15H23NO3S. The molecule has 1 aromatic heterocycles. The largest absolute Gasteiger partial charge is 0.463 e. The first kappa shape index (κ1) is 15.4. The molecule has 1 saturated heterocycles. The van der Waals surface area contributed by atoms with E-state index in [1.165, 1.54) is 7.11 Å². The summed E-state index contributed by atoms with van der Waals surface area (Å²) in [6.07, 6.45) is 1.16. The van der Waals surface area contributed by atoms with Gasteiger partial charge in [0.1, 0.15) is 5.76 Å². The summed E-state index contributed by atoms with van der Waals surface area (Å²) in [4.78, 5) is 13.9. The Morgan fingerprint density at radius 3 is 2.90 bits per heavy atom. The predicted octanol–water partition coefficient (Wildman–Crippen LogP) is 3.34. The van der Waals surface area contributed by atoms with Crippen LogP contribution in [0.3, 0.4) is 0 Å². The Morgan fingerprint density at radius 2 is 2.20 bits per heavy atom. The van der Waals surface area contributed by atoms with E-state index in [-0.39, 0.29) is 11.8 Å². The van der Waals surface area contributed by atoms with E-state index in [4.69, 9.17) is 4.42 Å². The normalized spacial score (nSPS) is 21.2. The number of furan rings is 1. The molecule has 1 aliphatic rings. The third-order valence-electron chi connectivity index (χ3n) is 3.85. The highest BCUT2D eigenvalue weighted by Gasteiger charge is 2.27. The van der Waals surface area contributed by atoms with E-state index in [9.17, 15) is 4.79 Å². The summed E-state index contributed by atoms with van der Waals surface area (Å²) in [7, 11) is 1.36. The molecule has 1 fully saturated rings. The summed E-state index contributed by atoms with van der Waals surface area (Å²) in [6, 6.07) is 3.75. The molecule has 1 atom stereocenters. The SMILES string of the molecule is COC(=O)c1ccc(C(C)N2CCSC(C)(C)CC2)o1. The average molecular weight is 297 g/mol. The van der Waals surface area contributed by atoms with E-state index in [1.807, 2.05) is 17.8 Å². The van der Waals surface area contributed by atoms with Gasteiger partial charge in [0.25, 0.3) is 0 Å². The first-order valence-corrected chi connectivity index (χ1v) is 7.97. The van der Waals surface area contributed by atoms with Crippen LogP contribution in [0.15, 0.2) is 16.5 Å². The van der Waals surface area contributed by atoms with Crippen molar-refractivity contribution in [1.82, 2.24) is 4.90 Å². The lowest BCUT2D eigenvalue weighted by Crippen LogP contribution is -2.30. The van der Waals surface area contributed by atoms with Gasteiger partial charge in [-0.1, -0.05) is 13.8 Å². The van der Waals surface area contributed by atoms with Crippen LogP contribution in [0.1, 0.15) is 49.5 Å². The van der Waals surface area contributed by atoms with Gasteiger partial charge in [-0.05, 0) is 25.5 Å². The second-order valence-corrected chi connectivity index (χ2v) is 7.57. The van der Waals surface area contributed by atoms with E-state index in [0.29, 0.717) is 4.75 Å². The molecule has 4 nitrogen and oxygen atoms in total.